The maximum absolute atomic E-state index is 4.15. The maximum atomic E-state index is 4.15. The van der Waals surface area contributed by atoms with Gasteiger partial charge in [-0.15, -0.1) is 0 Å². The monoisotopic (exact) mass is 714 g/mol. The SMILES string of the molecule is CC1C=C2NC3C4CCCC5CCCC(C3C2=CC1c1ccc(N(c2ccc(-c3ccccc3)cc2)c2ccc(-c3cccc6ccccc36)cc2)cc1)C54. The van der Waals surface area contributed by atoms with Crippen molar-refractivity contribution in [3.05, 3.63) is 175 Å². The molecule has 5 aliphatic rings. The zero-order chi connectivity index (χ0) is 36.5. The van der Waals surface area contributed by atoms with Gasteiger partial charge < -0.3 is 10.2 Å². The molecule has 0 aromatic heterocycles. The maximum Gasteiger partial charge on any atom is 0.0462 e. The fourth-order valence-electron chi connectivity index (χ4n) is 12.0. The Hall–Kier alpha value is -5.34. The van der Waals surface area contributed by atoms with E-state index in [0.29, 0.717) is 23.8 Å². The van der Waals surface area contributed by atoms with E-state index in [1.54, 1.807) is 5.57 Å². The molecule has 0 bridgehead atoms. The largest absolute Gasteiger partial charge is 0.381 e. The summed E-state index contributed by atoms with van der Waals surface area (Å²) in [4.78, 5) is 2.41. The second-order valence-corrected chi connectivity index (χ2v) is 17.2. The first kappa shape index (κ1) is 33.0. The lowest BCUT2D eigenvalue weighted by atomic mass is 9.63. The van der Waals surface area contributed by atoms with Crippen LogP contribution in [0.25, 0.3) is 33.0 Å². The molecular weight excluding hydrogens is 665 g/mol. The van der Waals surface area contributed by atoms with Crippen molar-refractivity contribution in [3.8, 4) is 22.3 Å². The number of benzene rings is 6. The Morgan fingerprint density at radius 1 is 0.545 bits per heavy atom. The second-order valence-electron chi connectivity index (χ2n) is 17.2. The van der Waals surface area contributed by atoms with Crippen LogP contribution >= 0.6 is 0 Å². The smallest absolute Gasteiger partial charge is 0.0462 e. The number of anilines is 3. The van der Waals surface area contributed by atoms with Crippen molar-refractivity contribution >= 4 is 27.8 Å². The zero-order valence-electron chi connectivity index (χ0n) is 31.8. The lowest BCUT2D eigenvalue weighted by Gasteiger charge is -2.42. The molecule has 0 spiro atoms. The summed E-state index contributed by atoms with van der Waals surface area (Å²) in [6.45, 7) is 2.42. The van der Waals surface area contributed by atoms with E-state index < -0.39 is 0 Å². The van der Waals surface area contributed by atoms with E-state index in [9.17, 15) is 0 Å². The molecule has 4 aliphatic carbocycles. The average molecular weight is 715 g/mol. The molecule has 3 saturated carbocycles. The Morgan fingerprint density at radius 2 is 1.16 bits per heavy atom. The van der Waals surface area contributed by atoms with Gasteiger partial charge in [-0.2, -0.15) is 0 Å². The molecule has 0 radical (unpaired) electrons. The highest BCUT2D eigenvalue weighted by Gasteiger charge is 2.59. The fraction of sp³-hybridized carbons (Fsp3) is 0.283. The predicted octanol–water partition coefficient (Wildman–Crippen LogP) is 13.6. The van der Waals surface area contributed by atoms with Crippen molar-refractivity contribution in [1.29, 1.82) is 0 Å². The molecule has 55 heavy (non-hydrogen) atoms. The van der Waals surface area contributed by atoms with Crippen LogP contribution in [-0.4, -0.2) is 6.04 Å². The summed E-state index contributed by atoms with van der Waals surface area (Å²) in [5.41, 5.74) is 13.0. The van der Waals surface area contributed by atoms with Gasteiger partial charge in [0.05, 0.1) is 0 Å². The Labute approximate surface area is 326 Å². The summed E-state index contributed by atoms with van der Waals surface area (Å²) in [5.74, 6) is 5.26. The Morgan fingerprint density at radius 3 is 1.91 bits per heavy atom. The van der Waals surface area contributed by atoms with Gasteiger partial charge in [-0.3, -0.25) is 0 Å². The highest BCUT2D eigenvalue weighted by molar-refractivity contribution is 5.97. The predicted molar refractivity (Wildman–Crippen MR) is 230 cm³/mol. The van der Waals surface area contributed by atoms with Crippen molar-refractivity contribution in [2.45, 2.75) is 57.4 Å². The standard InChI is InChI=1S/C53H50N2/c1-34-32-50-49(52-46-18-8-14-40-15-9-19-47(51(40)46)53(52)54-50)33-48(34)39-24-30-43(31-25-39)55(41-26-20-36(21-27-41)35-10-3-2-4-11-35)42-28-22-38(23-29-42)45-17-7-13-37-12-5-6-16-44(37)45/h2-7,10-13,16-17,20-34,40,46-48,51-54H,8-9,14-15,18-19H2,1H3. The van der Waals surface area contributed by atoms with Gasteiger partial charge in [-0.05, 0) is 123 Å². The van der Waals surface area contributed by atoms with E-state index >= 15 is 0 Å². The van der Waals surface area contributed by atoms with Crippen molar-refractivity contribution in [3.63, 3.8) is 0 Å². The van der Waals surface area contributed by atoms with Gasteiger partial charge >= 0.3 is 0 Å². The average Bonchev–Trinajstić information content (AvgIpc) is 3.77. The van der Waals surface area contributed by atoms with E-state index in [0.717, 1.165) is 35.0 Å². The van der Waals surface area contributed by atoms with Crippen LogP contribution in [0.1, 0.15) is 56.9 Å². The normalized spacial score (nSPS) is 27.7. The van der Waals surface area contributed by atoms with Gasteiger partial charge in [0.1, 0.15) is 0 Å². The van der Waals surface area contributed by atoms with Crippen LogP contribution < -0.4 is 10.2 Å². The minimum absolute atomic E-state index is 0.397. The molecule has 6 aromatic carbocycles. The van der Waals surface area contributed by atoms with Crippen molar-refractivity contribution < 1.29 is 0 Å². The molecule has 0 amide bonds. The molecule has 6 aromatic rings. The first-order valence-corrected chi connectivity index (χ1v) is 21.0. The highest BCUT2D eigenvalue weighted by atomic mass is 15.1. The van der Waals surface area contributed by atoms with E-state index in [1.165, 1.54) is 88.5 Å². The van der Waals surface area contributed by atoms with Gasteiger partial charge in [0.25, 0.3) is 0 Å². The summed E-state index contributed by atoms with van der Waals surface area (Å²) < 4.78 is 0. The first-order chi connectivity index (χ1) is 27.2. The third-order valence-electron chi connectivity index (χ3n) is 14.4. The number of hydrogen-bond acceptors (Lipinski definition) is 2. The van der Waals surface area contributed by atoms with Crippen LogP contribution in [-0.2, 0) is 0 Å². The van der Waals surface area contributed by atoms with Crippen LogP contribution in [0, 0.1) is 35.5 Å². The summed E-state index contributed by atoms with van der Waals surface area (Å²) in [6.07, 6.45) is 14.0. The van der Waals surface area contributed by atoms with Crippen LogP contribution in [0.15, 0.2) is 169 Å². The minimum atomic E-state index is 0.397. The Bertz CT molecular complexity index is 2400. The third-order valence-corrected chi connectivity index (χ3v) is 14.4. The summed E-state index contributed by atoms with van der Waals surface area (Å²) in [6, 6.07) is 54.4. The van der Waals surface area contributed by atoms with E-state index in [2.05, 4.69) is 175 Å². The summed E-state index contributed by atoms with van der Waals surface area (Å²) in [5, 5.41) is 6.71. The van der Waals surface area contributed by atoms with E-state index in [1.807, 2.05) is 0 Å². The quantitative estimate of drug-likeness (QED) is 0.185. The number of nitrogens with one attached hydrogen (secondary N) is 1. The van der Waals surface area contributed by atoms with Gasteiger partial charge in [-0.25, -0.2) is 0 Å². The van der Waals surface area contributed by atoms with Crippen molar-refractivity contribution in [2.75, 3.05) is 4.90 Å². The van der Waals surface area contributed by atoms with Crippen LogP contribution in [0.5, 0.6) is 0 Å². The van der Waals surface area contributed by atoms with Crippen LogP contribution in [0.4, 0.5) is 17.1 Å². The Kier molecular flexibility index (Phi) is 8.08. The van der Waals surface area contributed by atoms with E-state index in [4.69, 9.17) is 0 Å². The van der Waals surface area contributed by atoms with Gasteiger partial charge in [0.15, 0.2) is 0 Å². The summed E-state index contributed by atoms with van der Waals surface area (Å²) in [7, 11) is 0. The van der Waals surface area contributed by atoms with E-state index in [-0.39, 0.29) is 0 Å². The molecule has 2 heteroatoms. The zero-order valence-corrected chi connectivity index (χ0v) is 31.8. The minimum Gasteiger partial charge on any atom is -0.381 e. The van der Waals surface area contributed by atoms with Crippen LogP contribution in [0.3, 0.4) is 0 Å². The number of rotatable bonds is 6. The number of allylic oxidation sites excluding steroid dienone is 3. The van der Waals surface area contributed by atoms with Crippen molar-refractivity contribution in [2.24, 2.45) is 35.5 Å². The second kappa shape index (κ2) is 13.4. The first-order valence-electron chi connectivity index (χ1n) is 21.0. The molecule has 8 atom stereocenters. The molecule has 1 saturated heterocycles. The molecule has 272 valence electrons. The lowest BCUT2D eigenvalue weighted by molar-refractivity contribution is 0.0845. The van der Waals surface area contributed by atoms with Crippen LogP contribution in [0.2, 0.25) is 0 Å². The van der Waals surface area contributed by atoms with Crippen molar-refractivity contribution in [1.82, 2.24) is 5.32 Å². The number of hydrogen-bond donors (Lipinski definition) is 1. The molecule has 1 aliphatic heterocycles. The van der Waals surface area contributed by atoms with Gasteiger partial charge in [-0.1, -0.05) is 154 Å². The fourth-order valence-corrected chi connectivity index (χ4v) is 12.0. The topological polar surface area (TPSA) is 15.3 Å². The molecule has 11 rings (SSSR count). The lowest BCUT2D eigenvalue weighted by Crippen LogP contribution is -2.37. The highest BCUT2D eigenvalue weighted by Crippen LogP contribution is 2.62. The molecule has 4 fully saturated rings. The van der Waals surface area contributed by atoms with Gasteiger partial charge in [0.2, 0.25) is 0 Å². The third kappa shape index (κ3) is 5.59. The van der Waals surface area contributed by atoms with Gasteiger partial charge in [0, 0.05) is 40.6 Å². The number of nitrogens with zero attached hydrogens (tertiary/aromatic N) is 1. The number of fused-ring (bicyclic) bond motifs is 6. The summed E-state index contributed by atoms with van der Waals surface area (Å²) >= 11 is 0. The Balaban J connectivity index is 0.931. The molecule has 2 nitrogen and oxygen atoms in total. The molecule has 1 N–H and O–H groups in total. The molecular formula is C53H50N2. The molecule has 8 unspecified atom stereocenters. The molecule has 1 heterocycles.